The summed E-state index contributed by atoms with van der Waals surface area (Å²) in [5, 5.41) is 8.19. The summed E-state index contributed by atoms with van der Waals surface area (Å²) in [5.74, 6) is 0.0190. The van der Waals surface area contributed by atoms with Crippen LogP contribution in [0.3, 0.4) is 0 Å². The van der Waals surface area contributed by atoms with E-state index < -0.39 is 21.8 Å². The number of amides is 1. The van der Waals surface area contributed by atoms with Gasteiger partial charge in [0.2, 0.25) is 9.70 Å². The van der Waals surface area contributed by atoms with Gasteiger partial charge < -0.3 is 30.2 Å². The molecule has 0 bridgehead atoms. The van der Waals surface area contributed by atoms with Gasteiger partial charge in [0.15, 0.2) is 16.6 Å². The Balaban J connectivity index is 2.09. The van der Waals surface area contributed by atoms with Gasteiger partial charge in [0.1, 0.15) is 6.17 Å². The molecule has 2 aromatic rings. The Morgan fingerprint density at radius 2 is 1.67 bits per heavy atom. The number of halogens is 3. The molecule has 0 fully saturated rings. The van der Waals surface area contributed by atoms with E-state index in [1.807, 2.05) is 0 Å². The van der Waals surface area contributed by atoms with Crippen LogP contribution in [0.5, 0.6) is 11.5 Å². The molecule has 0 aromatic heterocycles. The Morgan fingerprint density at radius 1 is 1.00 bits per heavy atom. The Morgan fingerprint density at radius 3 is 2.27 bits per heavy atom. The van der Waals surface area contributed by atoms with Crippen molar-refractivity contribution in [1.29, 1.82) is 0 Å². The normalized spacial score (nSPS) is 11.7. The smallest absolute Gasteiger partial charge is 0.339 e. The van der Waals surface area contributed by atoms with E-state index in [1.54, 1.807) is 42.5 Å². The van der Waals surface area contributed by atoms with E-state index >= 15 is 0 Å². The van der Waals surface area contributed by atoms with Gasteiger partial charge in [-0.05, 0) is 42.0 Å². The molecule has 0 aliphatic heterocycles. The quantitative estimate of drug-likeness (QED) is 0.203. The van der Waals surface area contributed by atoms with Crippen molar-refractivity contribution in [1.82, 2.24) is 10.6 Å². The van der Waals surface area contributed by atoms with Crippen LogP contribution >= 0.6 is 47.0 Å². The third kappa shape index (κ3) is 7.82. The van der Waals surface area contributed by atoms with E-state index in [0.29, 0.717) is 22.7 Å². The van der Waals surface area contributed by atoms with Gasteiger partial charge >= 0.3 is 5.97 Å². The molecule has 1 atom stereocenters. The number of alkyl halides is 3. The highest BCUT2D eigenvalue weighted by Crippen LogP contribution is 2.30. The SMILES string of the molecule is COC(=O)c1ccccc1NC(=S)NC(NC(=O)Cc1ccc(OC)c(OC)c1)C(Cl)(Cl)Cl. The lowest BCUT2D eigenvalue weighted by atomic mass is 10.1. The molecule has 0 saturated carbocycles. The molecule has 2 rings (SSSR count). The molecule has 1 amide bonds. The fraction of sp³-hybridized carbons (Fsp3) is 0.286. The molecule has 2 aromatic carbocycles. The minimum Gasteiger partial charge on any atom is -0.493 e. The van der Waals surface area contributed by atoms with Crippen molar-refractivity contribution in [2.24, 2.45) is 0 Å². The number of carbonyl (C=O) groups excluding carboxylic acids is 2. The van der Waals surface area contributed by atoms with Crippen LogP contribution < -0.4 is 25.4 Å². The minimum atomic E-state index is -1.94. The highest BCUT2D eigenvalue weighted by atomic mass is 35.6. The second kappa shape index (κ2) is 12.1. The van der Waals surface area contributed by atoms with Crippen LogP contribution in [0.1, 0.15) is 15.9 Å². The number of thiocarbonyl (C=S) groups is 1. The number of anilines is 1. The Hall–Kier alpha value is -2.46. The zero-order chi connectivity index (χ0) is 24.6. The fourth-order valence-corrected chi connectivity index (χ4v) is 3.31. The average Bonchev–Trinajstić information content (AvgIpc) is 2.77. The number of rotatable bonds is 8. The molecule has 0 spiro atoms. The van der Waals surface area contributed by atoms with Crippen molar-refractivity contribution < 1.29 is 23.8 Å². The first-order valence-corrected chi connectivity index (χ1v) is 10.9. The second-order valence-electron chi connectivity index (χ2n) is 6.54. The first-order valence-electron chi connectivity index (χ1n) is 9.40. The summed E-state index contributed by atoms with van der Waals surface area (Å²) >= 11 is 23.4. The van der Waals surface area contributed by atoms with Crippen LogP contribution in [-0.4, -0.2) is 48.3 Å². The minimum absolute atomic E-state index is 0.00842. The Kier molecular flexibility index (Phi) is 9.85. The van der Waals surface area contributed by atoms with E-state index in [9.17, 15) is 9.59 Å². The van der Waals surface area contributed by atoms with Crippen LogP contribution in [0.2, 0.25) is 0 Å². The topological polar surface area (TPSA) is 97.9 Å². The number of benzene rings is 2. The molecular formula is C21H22Cl3N3O5S. The molecule has 0 radical (unpaired) electrons. The van der Waals surface area contributed by atoms with Crippen LogP contribution in [0.4, 0.5) is 5.69 Å². The number of nitrogens with one attached hydrogen (secondary N) is 3. The van der Waals surface area contributed by atoms with Crippen molar-refractivity contribution >= 4 is 69.7 Å². The molecule has 0 aliphatic carbocycles. The first-order chi connectivity index (χ1) is 15.6. The van der Waals surface area contributed by atoms with Crippen molar-refractivity contribution in [3.63, 3.8) is 0 Å². The van der Waals surface area contributed by atoms with Gasteiger partial charge in [0, 0.05) is 0 Å². The molecule has 8 nitrogen and oxygen atoms in total. The molecule has 0 aliphatic rings. The number of hydrogen-bond donors (Lipinski definition) is 3. The molecule has 1 unspecified atom stereocenters. The van der Waals surface area contributed by atoms with E-state index in [2.05, 4.69) is 16.0 Å². The molecule has 0 saturated heterocycles. The summed E-state index contributed by atoms with van der Waals surface area (Å²) in [4.78, 5) is 24.6. The summed E-state index contributed by atoms with van der Waals surface area (Å²) in [6, 6.07) is 11.6. The van der Waals surface area contributed by atoms with Crippen LogP contribution in [0, 0.1) is 0 Å². The third-order valence-corrected chi connectivity index (χ3v) is 5.18. The van der Waals surface area contributed by atoms with E-state index in [4.69, 9.17) is 61.2 Å². The maximum atomic E-state index is 12.6. The molecule has 12 heteroatoms. The number of ether oxygens (including phenoxy) is 3. The largest absolute Gasteiger partial charge is 0.493 e. The van der Waals surface area contributed by atoms with Crippen molar-refractivity contribution in [3.8, 4) is 11.5 Å². The molecule has 178 valence electrons. The Labute approximate surface area is 211 Å². The van der Waals surface area contributed by atoms with Gasteiger partial charge in [-0.2, -0.15) is 0 Å². The van der Waals surface area contributed by atoms with Crippen molar-refractivity contribution in [2.45, 2.75) is 16.4 Å². The lowest BCUT2D eigenvalue weighted by molar-refractivity contribution is -0.121. The highest BCUT2D eigenvalue weighted by molar-refractivity contribution is 7.80. The fourth-order valence-electron chi connectivity index (χ4n) is 2.76. The number of carbonyl (C=O) groups is 2. The van der Waals surface area contributed by atoms with Gasteiger partial charge in [-0.1, -0.05) is 53.0 Å². The van der Waals surface area contributed by atoms with E-state index in [-0.39, 0.29) is 17.1 Å². The van der Waals surface area contributed by atoms with Crippen molar-refractivity contribution in [2.75, 3.05) is 26.6 Å². The van der Waals surface area contributed by atoms with Gasteiger partial charge in [-0.25, -0.2) is 4.79 Å². The van der Waals surface area contributed by atoms with E-state index in [1.165, 1.54) is 21.3 Å². The zero-order valence-corrected chi connectivity index (χ0v) is 21.0. The standard InChI is InChI=1S/C21H22Cl3N3O5S/c1-30-15-9-8-12(10-16(15)31-2)11-17(28)26-19(21(22,23)24)27-20(33)25-14-7-5-4-6-13(14)18(29)32-3/h4-10,19H,11H2,1-3H3,(H,26,28)(H2,25,27,33). The summed E-state index contributed by atoms with van der Waals surface area (Å²) in [7, 11) is 4.28. The van der Waals surface area contributed by atoms with Crippen LogP contribution in [0.25, 0.3) is 0 Å². The van der Waals surface area contributed by atoms with Gasteiger partial charge in [-0.3, -0.25) is 4.79 Å². The Bertz CT molecular complexity index is 1020. The van der Waals surface area contributed by atoms with Gasteiger partial charge in [0.25, 0.3) is 0 Å². The van der Waals surface area contributed by atoms with E-state index in [0.717, 1.165) is 0 Å². The molecular weight excluding hydrogens is 513 g/mol. The number of methoxy groups -OCH3 is 3. The highest BCUT2D eigenvalue weighted by Gasteiger charge is 2.34. The summed E-state index contributed by atoms with van der Waals surface area (Å²) in [6.45, 7) is 0. The monoisotopic (exact) mass is 533 g/mol. The van der Waals surface area contributed by atoms with Gasteiger partial charge in [0.05, 0.1) is 39.0 Å². The number of para-hydroxylation sites is 1. The van der Waals surface area contributed by atoms with Crippen LogP contribution in [-0.2, 0) is 16.0 Å². The third-order valence-electron chi connectivity index (χ3n) is 4.30. The number of hydrogen-bond acceptors (Lipinski definition) is 6. The predicted octanol–water partition coefficient (Wildman–Crippen LogP) is 3.83. The van der Waals surface area contributed by atoms with Crippen LogP contribution in [0.15, 0.2) is 42.5 Å². The van der Waals surface area contributed by atoms with Crippen molar-refractivity contribution in [3.05, 3.63) is 53.6 Å². The maximum Gasteiger partial charge on any atom is 0.339 e. The predicted molar refractivity (Wildman–Crippen MR) is 133 cm³/mol. The lowest BCUT2D eigenvalue weighted by Crippen LogP contribution is -2.56. The molecule has 0 heterocycles. The maximum absolute atomic E-state index is 12.6. The first kappa shape index (κ1) is 26.8. The summed E-state index contributed by atoms with van der Waals surface area (Å²) in [6.07, 6.45) is -1.20. The second-order valence-corrected chi connectivity index (χ2v) is 9.32. The lowest BCUT2D eigenvalue weighted by Gasteiger charge is -2.28. The zero-order valence-electron chi connectivity index (χ0n) is 17.9. The summed E-state index contributed by atoms with van der Waals surface area (Å²) < 4.78 is 13.2. The number of esters is 1. The summed E-state index contributed by atoms with van der Waals surface area (Å²) in [5.41, 5.74) is 1.29. The molecule has 33 heavy (non-hydrogen) atoms. The van der Waals surface area contributed by atoms with Gasteiger partial charge in [-0.15, -0.1) is 0 Å². The average molecular weight is 535 g/mol. The molecule has 3 N–H and O–H groups in total.